The van der Waals surface area contributed by atoms with Gasteiger partial charge in [-0.25, -0.2) is 0 Å². The van der Waals surface area contributed by atoms with Gasteiger partial charge in [-0.3, -0.25) is 4.79 Å². The minimum Gasteiger partial charge on any atom is -0.497 e. The van der Waals surface area contributed by atoms with Crippen LogP contribution in [0.1, 0.15) is 25.3 Å². The first-order chi connectivity index (χ1) is 10.2. The minimum atomic E-state index is -0.228. The summed E-state index contributed by atoms with van der Waals surface area (Å²) in [5.41, 5.74) is 2.16. The first kappa shape index (κ1) is 15.3. The second kappa shape index (κ2) is 7.09. The first-order valence-corrected chi connectivity index (χ1v) is 7.19. The topological polar surface area (TPSA) is 51.5 Å². The molecule has 0 spiro atoms. The van der Waals surface area contributed by atoms with E-state index >= 15 is 0 Å². The van der Waals surface area contributed by atoms with E-state index in [9.17, 15) is 9.90 Å². The van der Waals surface area contributed by atoms with Gasteiger partial charge in [-0.2, -0.15) is 0 Å². The van der Waals surface area contributed by atoms with E-state index in [0.29, 0.717) is 12.1 Å². The maximum Gasteiger partial charge on any atom is 0.256 e. The number of unbranched alkanes of at least 4 members (excludes halogenated alkanes) is 1. The summed E-state index contributed by atoms with van der Waals surface area (Å²) in [6, 6.07) is 11.2. The lowest BCUT2D eigenvalue weighted by atomic mass is 10.1. The Hall–Kier alpha value is -2.07. The van der Waals surface area contributed by atoms with E-state index in [4.69, 9.17) is 4.74 Å². The van der Waals surface area contributed by atoms with Gasteiger partial charge in [0.1, 0.15) is 5.75 Å². The number of aliphatic hydroxyl groups excluding tert-OH is 1. The van der Waals surface area contributed by atoms with Crippen LogP contribution in [0.25, 0.3) is 11.3 Å². The molecule has 4 heteroatoms. The number of rotatable bonds is 6. The molecule has 0 aliphatic heterocycles. The lowest BCUT2D eigenvalue weighted by Gasteiger charge is -2.14. The molecule has 1 N–H and O–H groups in total. The summed E-state index contributed by atoms with van der Waals surface area (Å²) < 4.78 is 6.91. The van der Waals surface area contributed by atoms with Gasteiger partial charge in [0.25, 0.3) is 5.56 Å². The molecule has 2 aromatic rings. The van der Waals surface area contributed by atoms with Crippen LogP contribution in [0, 0.1) is 0 Å². The van der Waals surface area contributed by atoms with Gasteiger partial charge in [-0.1, -0.05) is 13.3 Å². The Balaban J connectivity index is 2.50. The second-order valence-corrected chi connectivity index (χ2v) is 4.94. The molecule has 0 unspecified atom stereocenters. The fourth-order valence-corrected chi connectivity index (χ4v) is 2.30. The van der Waals surface area contributed by atoms with E-state index in [-0.39, 0.29) is 12.2 Å². The minimum absolute atomic E-state index is 0.112. The van der Waals surface area contributed by atoms with Crippen LogP contribution in [0.3, 0.4) is 0 Å². The van der Waals surface area contributed by atoms with Gasteiger partial charge in [0.05, 0.1) is 19.4 Å². The molecular weight excluding hydrogens is 266 g/mol. The lowest BCUT2D eigenvalue weighted by Crippen LogP contribution is -2.25. The summed E-state index contributed by atoms with van der Waals surface area (Å²) in [6.07, 6.45) is 1.94. The Morgan fingerprint density at radius 3 is 2.43 bits per heavy atom. The molecule has 112 valence electrons. The zero-order valence-corrected chi connectivity index (χ0v) is 12.5. The highest BCUT2D eigenvalue weighted by Gasteiger charge is 2.10. The van der Waals surface area contributed by atoms with E-state index in [1.54, 1.807) is 17.7 Å². The fraction of sp³-hybridized carbons (Fsp3) is 0.353. The van der Waals surface area contributed by atoms with Crippen molar-refractivity contribution in [2.45, 2.75) is 32.9 Å². The van der Waals surface area contributed by atoms with Gasteiger partial charge in [0, 0.05) is 12.1 Å². The molecule has 0 radical (unpaired) electrons. The fourth-order valence-electron chi connectivity index (χ4n) is 2.30. The van der Waals surface area contributed by atoms with E-state index in [0.717, 1.165) is 29.8 Å². The molecule has 0 fully saturated rings. The SMILES string of the molecule is CCCCn1c(-c2ccc(OC)cc2)ccc(CO)c1=O. The molecule has 0 aliphatic carbocycles. The highest BCUT2D eigenvalue weighted by molar-refractivity contribution is 5.61. The number of methoxy groups -OCH3 is 1. The van der Waals surface area contributed by atoms with Crippen molar-refractivity contribution in [3.8, 4) is 17.0 Å². The van der Waals surface area contributed by atoms with E-state index in [1.165, 1.54) is 0 Å². The summed E-state index contributed by atoms with van der Waals surface area (Å²) in [5.74, 6) is 0.785. The van der Waals surface area contributed by atoms with Gasteiger partial charge in [-0.05, 0) is 48.4 Å². The van der Waals surface area contributed by atoms with Crippen molar-refractivity contribution < 1.29 is 9.84 Å². The molecule has 0 saturated carbocycles. The number of aromatic nitrogens is 1. The van der Waals surface area contributed by atoms with Crippen LogP contribution in [0.2, 0.25) is 0 Å². The highest BCUT2D eigenvalue weighted by atomic mass is 16.5. The van der Waals surface area contributed by atoms with E-state index < -0.39 is 0 Å². The summed E-state index contributed by atoms with van der Waals surface area (Å²) in [5, 5.41) is 9.27. The molecule has 1 heterocycles. The Morgan fingerprint density at radius 1 is 1.14 bits per heavy atom. The van der Waals surface area contributed by atoms with Crippen LogP contribution in [0.15, 0.2) is 41.2 Å². The van der Waals surface area contributed by atoms with Crippen molar-refractivity contribution >= 4 is 0 Å². The molecule has 0 aliphatic rings. The lowest BCUT2D eigenvalue weighted by molar-refractivity contribution is 0.279. The van der Waals surface area contributed by atoms with Crippen molar-refractivity contribution in [3.05, 3.63) is 52.3 Å². The van der Waals surface area contributed by atoms with Crippen molar-refractivity contribution in [1.82, 2.24) is 4.57 Å². The number of ether oxygens (including phenoxy) is 1. The Bertz CT molecular complexity index is 644. The average molecular weight is 287 g/mol. The van der Waals surface area contributed by atoms with Crippen molar-refractivity contribution in [1.29, 1.82) is 0 Å². The molecule has 2 rings (SSSR count). The molecule has 4 nitrogen and oxygen atoms in total. The molecule has 1 aromatic heterocycles. The second-order valence-electron chi connectivity index (χ2n) is 4.94. The molecular formula is C17H21NO3. The van der Waals surface area contributed by atoms with Crippen LogP contribution >= 0.6 is 0 Å². The van der Waals surface area contributed by atoms with Crippen LogP contribution in [0.4, 0.5) is 0 Å². The van der Waals surface area contributed by atoms with Gasteiger partial charge >= 0.3 is 0 Å². The zero-order chi connectivity index (χ0) is 15.2. The van der Waals surface area contributed by atoms with Gasteiger partial charge in [0.2, 0.25) is 0 Å². The first-order valence-electron chi connectivity index (χ1n) is 7.19. The quantitative estimate of drug-likeness (QED) is 0.889. The van der Waals surface area contributed by atoms with Crippen LogP contribution in [-0.2, 0) is 13.2 Å². The van der Waals surface area contributed by atoms with E-state index in [1.807, 2.05) is 30.3 Å². The predicted octanol–water partition coefficient (Wildman–Crippen LogP) is 2.82. The maximum atomic E-state index is 12.4. The molecule has 0 amide bonds. The third kappa shape index (κ3) is 3.34. The number of nitrogens with zero attached hydrogens (tertiary/aromatic N) is 1. The summed E-state index contributed by atoms with van der Waals surface area (Å²) in [4.78, 5) is 12.4. The zero-order valence-electron chi connectivity index (χ0n) is 12.5. The molecule has 0 saturated heterocycles. The molecule has 0 atom stereocenters. The molecule has 1 aromatic carbocycles. The largest absolute Gasteiger partial charge is 0.497 e. The van der Waals surface area contributed by atoms with Gasteiger partial charge < -0.3 is 14.4 Å². The van der Waals surface area contributed by atoms with Crippen LogP contribution in [-0.4, -0.2) is 16.8 Å². The predicted molar refractivity (Wildman–Crippen MR) is 83.5 cm³/mol. The number of hydrogen-bond acceptors (Lipinski definition) is 3. The standard InChI is InChI=1S/C17H21NO3/c1-3-4-11-18-16(10-7-14(12-19)17(18)20)13-5-8-15(21-2)9-6-13/h5-10,19H,3-4,11-12H2,1-2H3. The number of pyridine rings is 1. The average Bonchev–Trinajstić information content (AvgIpc) is 2.53. The summed E-state index contributed by atoms with van der Waals surface area (Å²) in [7, 11) is 1.63. The number of hydrogen-bond donors (Lipinski definition) is 1. The number of benzene rings is 1. The highest BCUT2D eigenvalue weighted by Crippen LogP contribution is 2.22. The van der Waals surface area contributed by atoms with Crippen molar-refractivity contribution in [2.24, 2.45) is 0 Å². The normalized spacial score (nSPS) is 10.6. The summed E-state index contributed by atoms with van der Waals surface area (Å²) >= 11 is 0. The van der Waals surface area contributed by atoms with E-state index in [2.05, 4.69) is 6.92 Å². The van der Waals surface area contributed by atoms with Crippen LogP contribution < -0.4 is 10.3 Å². The Kier molecular flexibility index (Phi) is 5.17. The van der Waals surface area contributed by atoms with Gasteiger partial charge in [0.15, 0.2) is 0 Å². The smallest absolute Gasteiger partial charge is 0.256 e. The number of aliphatic hydroxyl groups is 1. The molecule has 0 bridgehead atoms. The van der Waals surface area contributed by atoms with Crippen molar-refractivity contribution in [3.63, 3.8) is 0 Å². The van der Waals surface area contributed by atoms with Crippen molar-refractivity contribution in [2.75, 3.05) is 7.11 Å². The Labute approximate surface area is 124 Å². The Morgan fingerprint density at radius 2 is 1.86 bits per heavy atom. The maximum absolute atomic E-state index is 12.4. The van der Waals surface area contributed by atoms with Crippen LogP contribution in [0.5, 0.6) is 5.75 Å². The molecule has 21 heavy (non-hydrogen) atoms. The summed E-state index contributed by atoms with van der Waals surface area (Å²) in [6.45, 7) is 2.52. The monoisotopic (exact) mass is 287 g/mol. The van der Waals surface area contributed by atoms with Gasteiger partial charge in [-0.15, -0.1) is 0 Å². The third-order valence-electron chi connectivity index (χ3n) is 3.54. The third-order valence-corrected chi connectivity index (χ3v) is 3.54.